The van der Waals surface area contributed by atoms with E-state index in [0.717, 1.165) is 13.0 Å². The van der Waals surface area contributed by atoms with E-state index in [1.54, 1.807) is 11.3 Å². The summed E-state index contributed by atoms with van der Waals surface area (Å²) in [6.07, 6.45) is 4.83. The molecule has 0 radical (unpaired) electrons. The van der Waals surface area contributed by atoms with Gasteiger partial charge in [0.1, 0.15) is 0 Å². The number of hydrogen-bond donors (Lipinski definition) is 0. The van der Waals surface area contributed by atoms with Crippen LogP contribution >= 0.6 is 11.3 Å². The van der Waals surface area contributed by atoms with Gasteiger partial charge in [-0.2, -0.15) is 0 Å². The van der Waals surface area contributed by atoms with Gasteiger partial charge < -0.3 is 0 Å². The van der Waals surface area contributed by atoms with Crippen LogP contribution in [0.1, 0.15) is 57.7 Å². The van der Waals surface area contributed by atoms with Crippen molar-refractivity contribution < 1.29 is 0 Å². The van der Waals surface area contributed by atoms with Crippen molar-refractivity contribution >= 4 is 11.3 Å². The van der Waals surface area contributed by atoms with Crippen LogP contribution in [-0.2, 0) is 13.0 Å². The summed E-state index contributed by atoms with van der Waals surface area (Å²) in [4.78, 5) is 7.24. The van der Waals surface area contributed by atoms with Crippen LogP contribution < -0.4 is 0 Å². The third-order valence-electron chi connectivity index (χ3n) is 3.28. The van der Waals surface area contributed by atoms with E-state index in [4.69, 9.17) is 0 Å². The van der Waals surface area contributed by atoms with Gasteiger partial charge in [0.25, 0.3) is 0 Å². The fourth-order valence-corrected chi connectivity index (χ4v) is 2.60. The molecule has 1 heterocycles. The quantitative estimate of drug-likeness (QED) is 0.694. The normalized spacial score (nSPS) is 13.2. The fourth-order valence-electron chi connectivity index (χ4n) is 1.87. The molecular formula is C14H26N2S. The van der Waals surface area contributed by atoms with Gasteiger partial charge in [-0.3, -0.25) is 4.90 Å². The summed E-state index contributed by atoms with van der Waals surface area (Å²) in [5.41, 5.74) is 1.25. The number of hydrogen-bond acceptors (Lipinski definition) is 3. The first-order chi connectivity index (χ1) is 8.21. The predicted molar refractivity (Wildman–Crippen MR) is 76.6 cm³/mol. The first-order valence-corrected chi connectivity index (χ1v) is 7.76. The third kappa shape index (κ3) is 4.76. The highest BCUT2D eigenvalue weighted by atomic mass is 32.1. The molecule has 98 valence electrons. The lowest BCUT2D eigenvalue weighted by atomic mass is 10.2. The minimum atomic E-state index is 0.660. The van der Waals surface area contributed by atoms with Crippen LogP contribution in [0.4, 0.5) is 0 Å². The van der Waals surface area contributed by atoms with Gasteiger partial charge in [0.05, 0.1) is 10.7 Å². The number of rotatable bonds is 8. The molecule has 0 aliphatic rings. The average Bonchev–Trinajstić information content (AvgIpc) is 2.81. The van der Waals surface area contributed by atoms with Gasteiger partial charge in [-0.15, -0.1) is 11.3 Å². The van der Waals surface area contributed by atoms with E-state index in [9.17, 15) is 0 Å². The molecule has 2 nitrogen and oxygen atoms in total. The van der Waals surface area contributed by atoms with Crippen molar-refractivity contribution in [3.63, 3.8) is 0 Å². The Hall–Kier alpha value is -0.410. The van der Waals surface area contributed by atoms with E-state index in [2.05, 4.69) is 43.0 Å². The zero-order chi connectivity index (χ0) is 12.7. The Morgan fingerprint density at radius 2 is 2.12 bits per heavy atom. The average molecular weight is 254 g/mol. The lowest BCUT2D eigenvalue weighted by Gasteiger charge is -2.27. The lowest BCUT2D eigenvalue weighted by Crippen LogP contribution is -2.33. The van der Waals surface area contributed by atoms with Gasteiger partial charge >= 0.3 is 0 Å². The second-order valence-electron chi connectivity index (χ2n) is 4.67. The van der Waals surface area contributed by atoms with Gasteiger partial charge in [0.2, 0.25) is 0 Å². The number of aromatic nitrogens is 1. The van der Waals surface area contributed by atoms with E-state index in [0.29, 0.717) is 6.04 Å². The Bertz CT molecular complexity index is 309. The van der Waals surface area contributed by atoms with E-state index in [-0.39, 0.29) is 0 Å². The molecule has 1 atom stereocenters. The molecule has 0 aliphatic carbocycles. The Labute approximate surface area is 110 Å². The highest BCUT2D eigenvalue weighted by Gasteiger charge is 2.13. The Morgan fingerprint density at radius 1 is 1.35 bits per heavy atom. The molecule has 0 aliphatic heterocycles. The van der Waals surface area contributed by atoms with E-state index >= 15 is 0 Å². The van der Waals surface area contributed by atoms with Gasteiger partial charge in [-0.1, -0.05) is 27.2 Å². The molecule has 0 saturated carbocycles. The lowest BCUT2D eigenvalue weighted by molar-refractivity contribution is 0.190. The maximum atomic E-state index is 4.67. The van der Waals surface area contributed by atoms with Gasteiger partial charge in [-0.25, -0.2) is 4.98 Å². The Kier molecular flexibility index (Phi) is 6.75. The molecule has 1 aromatic heterocycles. The molecular weight excluding hydrogens is 228 g/mol. The van der Waals surface area contributed by atoms with Crippen molar-refractivity contribution in [1.82, 2.24) is 9.88 Å². The summed E-state index contributed by atoms with van der Waals surface area (Å²) in [6.45, 7) is 11.2. The van der Waals surface area contributed by atoms with Crippen molar-refractivity contribution in [3.05, 3.63) is 16.1 Å². The molecule has 0 unspecified atom stereocenters. The summed E-state index contributed by atoms with van der Waals surface area (Å²) in [6, 6.07) is 0.660. The van der Waals surface area contributed by atoms with Crippen LogP contribution in [-0.4, -0.2) is 22.5 Å². The molecule has 0 amide bonds. The summed E-state index contributed by atoms with van der Waals surface area (Å²) in [7, 11) is 0. The van der Waals surface area contributed by atoms with Crippen LogP contribution in [0.25, 0.3) is 0 Å². The first kappa shape index (κ1) is 14.7. The number of unbranched alkanes of at least 4 members (excludes halogenated alkanes) is 1. The van der Waals surface area contributed by atoms with Crippen molar-refractivity contribution in [1.29, 1.82) is 0 Å². The fraction of sp³-hybridized carbons (Fsp3) is 0.786. The second kappa shape index (κ2) is 7.83. The molecule has 0 N–H and O–H groups in total. The number of aryl methyl sites for hydroxylation is 1. The molecule has 0 aromatic carbocycles. The van der Waals surface area contributed by atoms with Crippen molar-refractivity contribution in [2.45, 2.75) is 66.0 Å². The summed E-state index contributed by atoms with van der Waals surface area (Å²) in [5, 5.41) is 3.49. The zero-order valence-electron chi connectivity index (χ0n) is 11.7. The first-order valence-electron chi connectivity index (χ1n) is 6.88. The van der Waals surface area contributed by atoms with Crippen LogP contribution in [0.2, 0.25) is 0 Å². The summed E-state index contributed by atoms with van der Waals surface area (Å²) < 4.78 is 0. The minimum absolute atomic E-state index is 0.660. The highest BCUT2D eigenvalue weighted by molar-refractivity contribution is 7.09. The maximum absolute atomic E-state index is 4.67. The van der Waals surface area contributed by atoms with Crippen LogP contribution in [0.5, 0.6) is 0 Å². The molecule has 3 heteroatoms. The Balaban J connectivity index is 2.57. The van der Waals surface area contributed by atoms with Crippen molar-refractivity contribution in [2.24, 2.45) is 0 Å². The highest BCUT2D eigenvalue weighted by Crippen LogP contribution is 2.15. The van der Waals surface area contributed by atoms with Gasteiger partial charge in [0, 0.05) is 18.0 Å². The van der Waals surface area contributed by atoms with Crippen LogP contribution in [0.15, 0.2) is 5.38 Å². The predicted octanol–water partition coefficient (Wildman–Crippen LogP) is 4.11. The van der Waals surface area contributed by atoms with Crippen molar-refractivity contribution in [2.75, 3.05) is 6.54 Å². The molecule has 17 heavy (non-hydrogen) atoms. The van der Waals surface area contributed by atoms with Crippen molar-refractivity contribution in [3.8, 4) is 0 Å². The molecule has 0 saturated heterocycles. The van der Waals surface area contributed by atoms with Crippen LogP contribution in [0.3, 0.4) is 0 Å². The zero-order valence-corrected chi connectivity index (χ0v) is 12.5. The monoisotopic (exact) mass is 254 g/mol. The third-order valence-corrected chi connectivity index (χ3v) is 4.32. The van der Waals surface area contributed by atoms with E-state index in [1.165, 1.54) is 36.5 Å². The van der Waals surface area contributed by atoms with Gasteiger partial charge in [0.15, 0.2) is 0 Å². The summed E-state index contributed by atoms with van der Waals surface area (Å²) in [5.74, 6) is 0. The Morgan fingerprint density at radius 3 is 2.65 bits per heavy atom. The van der Waals surface area contributed by atoms with E-state index < -0.39 is 0 Å². The molecule has 1 rings (SSSR count). The smallest absolute Gasteiger partial charge is 0.0926 e. The molecule has 0 fully saturated rings. The largest absolute Gasteiger partial charge is 0.295 e. The minimum Gasteiger partial charge on any atom is -0.295 e. The molecule has 0 spiro atoms. The topological polar surface area (TPSA) is 16.1 Å². The summed E-state index contributed by atoms with van der Waals surface area (Å²) >= 11 is 1.80. The van der Waals surface area contributed by atoms with Crippen LogP contribution in [0, 0.1) is 0 Å². The van der Waals surface area contributed by atoms with E-state index in [1.807, 2.05) is 0 Å². The SMILES string of the molecule is CCCCN(Cc1csc(CC)n1)[C@H](C)CC. The maximum Gasteiger partial charge on any atom is 0.0926 e. The number of thiazole rings is 1. The number of nitrogens with zero attached hydrogens (tertiary/aromatic N) is 2. The van der Waals surface area contributed by atoms with Gasteiger partial charge in [-0.05, 0) is 32.7 Å². The molecule has 0 bridgehead atoms. The second-order valence-corrected chi connectivity index (χ2v) is 5.61. The standard InChI is InChI=1S/C14H26N2S/c1-5-8-9-16(12(4)6-2)10-13-11-17-14(7-3)15-13/h11-12H,5-10H2,1-4H3/t12-/m1/s1. The molecule has 1 aromatic rings.